The van der Waals surface area contributed by atoms with Crippen LogP contribution in [0.15, 0.2) is 69.5 Å². The van der Waals surface area contributed by atoms with Gasteiger partial charge in [-0.05, 0) is 0 Å². The number of allylic oxidation sites excluding steroid dienone is 4. The summed E-state index contributed by atoms with van der Waals surface area (Å²) < 4.78 is 4.16. The van der Waals surface area contributed by atoms with Gasteiger partial charge in [-0.15, -0.1) is 0 Å². The summed E-state index contributed by atoms with van der Waals surface area (Å²) in [5.74, 6) is 0. The number of halogens is 2. The van der Waals surface area contributed by atoms with E-state index in [0.29, 0.717) is 3.63 Å². The van der Waals surface area contributed by atoms with Crippen LogP contribution < -0.4 is 24.8 Å². The topological polar surface area (TPSA) is 0 Å². The van der Waals surface area contributed by atoms with Crippen LogP contribution in [0.1, 0.15) is 41.9 Å². The number of hydrogen-bond donors (Lipinski definition) is 0. The summed E-state index contributed by atoms with van der Waals surface area (Å²) in [4.78, 5) is 0. The minimum Gasteiger partial charge on any atom is -1.00 e. The molecule has 0 unspecified atom stereocenters. The van der Waals surface area contributed by atoms with Crippen LogP contribution in [0, 0.1) is 0 Å². The molecule has 2 aliphatic carbocycles. The number of fused-ring (bicyclic) bond motifs is 3. The molecule has 2 aromatic rings. The molecule has 0 saturated heterocycles. The van der Waals surface area contributed by atoms with E-state index in [-0.39, 0.29) is 24.8 Å². The summed E-state index contributed by atoms with van der Waals surface area (Å²) in [6.07, 6.45) is 5.89. The summed E-state index contributed by atoms with van der Waals surface area (Å²) in [7, 11) is 0. The van der Waals surface area contributed by atoms with E-state index in [9.17, 15) is 0 Å². The van der Waals surface area contributed by atoms with E-state index in [2.05, 4.69) is 81.5 Å². The summed E-state index contributed by atoms with van der Waals surface area (Å²) in [5.41, 5.74) is 7.64. The van der Waals surface area contributed by atoms with Crippen molar-refractivity contribution in [2.75, 3.05) is 0 Å². The van der Waals surface area contributed by atoms with Crippen LogP contribution >= 0.6 is 0 Å². The third kappa shape index (κ3) is 3.44. The molecule has 0 aromatic heterocycles. The van der Waals surface area contributed by atoms with Crippen molar-refractivity contribution in [2.24, 2.45) is 0 Å². The quantitative estimate of drug-likeness (QED) is 0.599. The molecule has 25 heavy (non-hydrogen) atoms. The smallest absolute Gasteiger partial charge is 1.00 e. The zero-order valence-corrected chi connectivity index (χ0v) is 18.8. The Hall–Kier alpha value is -0.747. The molecule has 3 heteroatoms. The molecule has 0 N–H and O–H groups in total. The van der Waals surface area contributed by atoms with Crippen LogP contribution in [-0.4, -0.2) is 3.21 Å². The van der Waals surface area contributed by atoms with E-state index in [1.807, 2.05) is 0 Å². The molecule has 0 aliphatic heterocycles. The van der Waals surface area contributed by atoms with Crippen LogP contribution in [0.25, 0.3) is 11.1 Å². The molecule has 128 valence electrons. The second-order valence-corrected chi connectivity index (χ2v) is 14.2. The summed E-state index contributed by atoms with van der Waals surface area (Å²) >= 11 is -1.92. The van der Waals surface area contributed by atoms with Crippen LogP contribution in [0.5, 0.6) is 0 Å². The van der Waals surface area contributed by atoms with Crippen molar-refractivity contribution >= 4 is 3.21 Å². The Morgan fingerprint density at radius 3 is 1.84 bits per heavy atom. The molecule has 0 saturated carbocycles. The van der Waals surface area contributed by atoms with Crippen molar-refractivity contribution in [1.82, 2.24) is 0 Å². The Morgan fingerprint density at radius 1 is 0.880 bits per heavy atom. The van der Waals surface area contributed by atoms with Gasteiger partial charge in [-0.25, -0.2) is 0 Å². The minimum absolute atomic E-state index is 0. The van der Waals surface area contributed by atoms with Gasteiger partial charge in [0, 0.05) is 0 Å². The molecule has 0 amide bonds. The van der Waals surface area contributed by atoms with Gasteiger partial charge < -0.3 is 24.8 Å². The predicted octanol–water partition coefficient (Wildman–Crippen LogP) is -0.171. The average Bonchev–Trinajstić information content (AvgIpc) is 3.11. The molecule has 2 aromatic carbocycles. The van der Waals surface area contributed by atoms with E-state index >= 15 is 0 Å². The first-order valence-electron chi connectivity index (χ1n) is 8.40. The molecule has 0 nitrogen and oxygen atoms in total. The van der Waals surface area contributed by atoms with Crippen LogP contribution in [0.3, 0.4) is 0 Å². The maximum Gasteiger partial charge on any atom is -1.00 e. The predicted molar refractivity (Wildman–Crippen MR) is 96.5 cm³/mol. The van der Waals surface area contributed by atoms with E-state index < -0.39 is 21.3 Å². The monoisotopic (exact) mass is 446 g/mol. The second kappa shape index (κ2) is 8.30. The maximum atomic E-state index is 2.39. The fourth-order valence-corrected chi connectivity index (χ4v) is 12.8. The number of rotatable bonds is 2. The zero-order chi connectivity index (χ0) is 16.0. The van der Waals surface area contributed by atoms with Crippen molar-refractivity contribution in [3.63, 3.8) is 0 Å². The van der Waals surface area contributed by atoms with Gasteiger partial charge in [0.05, 0.1) is 0 Å². The summed E-state index contributed by atoms with van der Waals surface area (Å²) in [6.45, 7) is 7.09. The molecule has 0 heterocycles. The van der Waals surface area contributed by atoms with Crippen molar-refractivity contribution in [1.29, 1.82) is 0 Å². The molecule has 2 aliphatic rings. The van der Waals surface area contributed by atoms with Gasteiger partial charge in [-0.3, -0.25) is 0 Å². The molecular weight excluding hydrogens is 426 g/mol. The Labute approximate surface area is 171 Å². The molecule has 0 spiro atoms. The van der Waals surface area contributed by atoms with E-state index in [1.165, 1.54) is 17.5 Å². The van der Waals surface area contributed by atoms with Crippen molar-refractivity contribution < 1.29 is 46.1 Å². The van der Waals surface area contributed by atoms with E-state index in [1.54, 1.807) is 23.2 Å². The third-order valence-corrected chi connectivity index (χ3v) is 13.8. The molecule has 0 fully saturated rings. The minimum atomic E-state index is -1.92. The SMILES string of the molecule is CC1=[C]([Zr+2](=[C](C)C)[CH]2c3ccccc3-c3ccccc32)CC=C1.[Cl-].[Cl-]. The first-order valence-corrected chi connectivity index (χ1v) is 12.3. The largest absolute Gasteiger partial charge is 1.00 e. The summed E-state index contributed by atoms with van der Waals surface area (Å²) in [6, 6.07) is 18.2. The fourth-order valence-electron chi connectivity index (χ4n) is 4.17. The second-order valence-electron chi connectivity index (χ2n) is 6.79. The zero-order valence-electron chi connectivity index (χ0n) is 14.8. The first-order chi connectivity index (χ1) is 11.2. The van der Waals surface area contributed by atoms with Gasteiger partial charge in [-0.1, -0.05) is 0 Å². The van der Waals surface area contributed by atoms with E-state index in [0.717, 1.165) is 0 Å². The maximum absolute atomic E-state index is 2.39. The van der Waals surface area contributed by atoms with Gasteiger partial charge in [0.15, 0.2) is 0 Å². The van der Waals surface area contributed by atoms with Crippen molar-refractivity contribution in [2.45, 2.75) is 30.8 Å². The average molecular weight is 449 g/mol. The standard InChI is InChI=1S/C13H9.C6H7.C3H6.2ClH.Zr/c1-3-7-12-10(5-1)9-11-6-2-4-8-13(11)12;1-6-4-2-3-5-6;1-3-2;;;/h1-9H;2,4H,3H2,1H3;1-2H3;2*1H;/q;;;;;+2/p-2. The molecule has 0 radical (unpaired) electrons. The van der Waals surface area contributed by atoms with Gasteiger partial charge in [-0.2, -0.15) is 0 Å². The Balaban J connectivity index is 0.00000113. The first kappa shape index (κ1) is 20.6. The van der Waals surface area contributed by atoms with Gasteiger partial charge in [0.25, 0.3) is 0 Å². The van der Waals surface area contributed by atoms with Crippen LogP contribution in [-0.2, 0) is 21.3 Å². The molecule has 0 atom stereocenters. The molecular formula is C22H22Cl2Zr. The Bertz CT molecular complexity index is 841. The van der Waals surface area contributed by atoms with Gasteiger partial charge >= 0.3 is 147 Å². The summed E-state index contributed by atoms with van der Waals surface area (Å²) in [5, 5.41) is 0. The van der Waals surface area contributed by atoms with Gasteiger partial charge in [0.2, 0.25) is 0 Å². The Morgan fingerprint density at radius 2 is 1.40 bits per heavy atom. The van der Waals surface area contributed by atoms with E-state index in [4.69, 9.17) is 0 Å². The number of hydrogen-bond acceptors (Lipinski definition) is 0. The normalized spacial score (nSPS) is 14.2. The molecule has 4 rings (SSSR count). The fraction of sp³-hybridized carbons (Fsp3) is 0.227. The third-order valence-electron chi connectivity index (χ3n) is 5.15. The number of benzene rings is 2. The Kier molecular flexibility index (Phi) is 6.82. The molecule has 0 bridgehead atoms. The van der Waals surface area contributed by atoms with Crippen molar-refractivity contribution in [3.8, 4) is 11.1 Å². The van der Waals surface area contributed by atoms with Crippen LogP contribution in [0.4, 0.5) is 0 Å². The van der Waals surface area contributed by atoms with Crippen molar-refractivity contribution in [3.05, 3.63) is 80.7 Å². The van der Waals surface area contributed by atoms with Gasteiger partial charge in [0.1, 0.15) is 0 Å². The van der Waals surface area contributed by atoms with Crippen LogP contribution in [0.2, 0.25) is 0 Å².